The van der Waals surface area contributed by atoms with E-state index in [1.807, 2.05) is 4.98 Å². The minimum Gasteiger partial charge on any atom is -0.494 e. The van der Waals surface area contributed by atoms with E-state index in [2.05, 4.69) is 0 Å². The molecule has 0 spiro atoms. The van der Waals surface area contributed by atoms with Crippen molar-refractivity contribution in [2.24, 2.45) is 0 Å². The average molecular weight is 156 g/mol. The number of carbonyl (C=O) groups is 1. The van der Waals surface area contributed by atoms with Gasteiger partial charge >= 0.3 is 5.69 Å². The van der Waals surface area contributed by atoms with Gasteiger partial charge in [0.25, 0.3) is 5.56 Å². The van der Waals surface area contributed by atoms with Crippen LogP contribution in [-0.2, 0) is 0 Å². The first kappa shape index (κ1) is 7.26. The first-order chi connectivity index (χ1) is 5.15. The fraction of sp³-hybridized carbons (Fsp3) is 0. The molecule has 0 saturated heterocycles. The summed E-state index contributed by atoms with van der Waals surface area (Å²) in [7, 11) is 0. The molecule has 0 aliphatic heterocycles. The van der Waals surface area contributed by atoms with Crippen LogP contribution in [0.1, 0.15) is 10.4 Å². The van der Waals surface area contributed by atoms with E-state index >= 15 is 0 Å². The molecule has 0 bridgehead atoms. The van der Waals surface area contributed by atoms with Crippen LogP contribution in [0.5, 0.6) is 5.88 Å². The highest BCUT2D eigenvalue weighted by Crippen LogP contribution is 1.99. The van der Waals surface area contributed by atoms with Gasteiger partial charge in [0, 0.05) is 0 Å². The quantitative estimate of drug-likeness (QED) is 0.434. The number of hydrogen-bond acceptors (Lipinski definition) is 4. The minimum atomic E-state index is -0.902. The van der Waals surface area contributed by atoms with Crippen molar-refractivity contribution in [1.82, 2.24) is 9.97 Å². The summed E-state index contributed by atoms with van der Waals surface area (Å²) in [5.41, 5.74) is -2.23. The van der Waals surface area contributed by atoms with Gasteiger partial charge in [0.1, 0.15) is 5.56 Å². The van der Waals surface area contributed by atoms with Gasteiger partial charge in [0.05, 0.1) is 0 Å². The second kappa shape index (κ2) is 2.41. The van der Waals surface area contributed by atoms with Crippen molar-refractivity contribution in [3.63, 3.8) is 0 Å². The summed E-state index contributed by atoms with van der Waals surface area (Å²) < 4.78 is 0. The van der Waals surface area contributed by atoms with Gasteiger partial charge in [0.15, 0.2) is 6.29 Å². The zero-order valence-electron chi connectivity index (χ0n) is 5.25. The van der Waals surface area contributed by atoms with Gasteiger partial charge in [0.2, 0.25) is 5.88 Å². The molecule has 0 aromatic carbocycles. The lowest BCUT2D eigenvalue weighted by atomic mass is 10.3. The van der Waals surface area contributed by atoms with Gasteiger partial charge in [-0.3, -0.25) is 19.6 Å². The zero-order chi connectivity index (χ0) is 8.43. The molecule has 0 fully saturated rings. The summed E-state index contributed by atoms with van der Waals surface area (Å²) in [4.78, 5) is 34.7. The van der Waals surface area contributed by atoms with E-state index in [0.29, 0.717) is 0 Å². The van der Waals surface area contributed by atoms with E-state index in [1.54, 1.807) is 4.98 Å². The smallest absolute Gasteiger partial charge is 0.328 e. The van der Waals surface area contributed by atoms with Crippen LogP contribution in [0.25, 0.3) is 0 Å². The number of rotatable bonds is 1. The molecule has 0 atom stereocenters. The molecule has 58 valence electrons. The first-order valence-corrected chi connectivity index (χ1v) is 2.66. The second-order valence-electron chi connectivity index (χ2n) is 1.79. The third-order valence-corrected chi connectivity index (χ3v) is 1.08. The van der Waals surface area contributed by atoms with E-state index in [9.17, 15) is 14.4 Å². The summed E-state index contributed by atoms with van der Waals surface area (Å²) in [5.74, 6) is -0.714. The second-order valence-corrected chi connectivity index (χ2v) is 1.79. The van der Waals surface area contributed by atoms with Gasteiger partial charge in [-0.2, -0.15) is 0 Å². The number of aldehydes is 1. The number of hydrogen-bond donors (Lipinski definition) is 3. The summed E-state index contributed by atoms with van der Waals surface area (Å²) in [6.45, 7) is 0. The molecule has 0 aliphatic carbocycles. The standard InChI is InChI=1S/C5H4N2O4/c8-1-2-3(9)6-5(11)7-4(2)10/h1H,(H3,6,7,9,10,11). The van der Waals surface area contributed by atoms with Crippen LogP contribution in [0, 0.1) is 0 Å². The number of nitrogens with one attached hydrogen (secondary N) is 2. The fourth-order valence-corrected chi connectivity index (χ4v) is 0.593. The largest absolute Gasteiger partial charge is 0.494 e. The topological polar surface area (TPSA) is 103 Å². The van der Waals surface area contributed by atoms with E-state index in [-0.39, 0.29) is 6.29 Å². The fourth-order valence-electron chi connectivity index (χ4n) is 0.593. The maximum absolute atomic E-state index is 10.6. The number of H-pyrrole nitrogens is 2. The third kappa shape index (κ3) is 1.18. The van der Waals surface area contributed by atoms with Crippen molar-refractivity contribution in [3.05, 3.63) is 26.4 Å². The van der Waals surface area contributed by atoms with Crippen molar-refractivity contribution in [2.75, 3.05) is 0 Å². The Kier molecular flexibility index (Phi) is 1.59. The molecular formula is C5H4N2O4. The molecular weight excluding hydrogens is 152 g/mol. The predicted molar refractivity (Wildman–Crippen MR) is 34.7 cm³/mol. The Morgan fingerprint density at radius 2 is 1.91 bits per heavy atom. The van der Waals surface area contributed by atoms with Crippen LogP contribution >= 0.6 is 0 Å². The van der Waals surface area contributed by atoms with E-state index in [1.165, 1.54) is 0 Å². The van der Waals surface area contributed by atoms with Crippen LogP contribution in [0.2, 0.25) is 0 Å². The van der Waals surface area contributed by atoms with E-state index in [0.717, 1.165) is 0 Å². The van der Waals surface area contributed by atoms with E-state index in [4.69, 9.17) is 5.11 Å². The number of aromatic amines is 2. The molecule has 0 saturated carbocycles. The molecule has 6 nitrogen and oxygen atoms in total. The Morgan fingerprint density at radius 3 is 2.36 bits per heavy atom. The molecule has 1 aromatic heterocycles. The minimum absolute atomic E-state index is 0.157. The Labute approximate surface area is 59.5 Å². The van der Waals surface area contributed by atoms with Gasteiger partial charge in [-0.1, -0.05) is 0 Å². The molecule has 1 heterocycles. The molecule has 1 rings (SSSR count). The zero-order valence-corrected chi connectivity index (χ0v) is 5.25. The van der Waals surface area contributed by atoms with Crippen LogP contribution in [0.4, 0.5) is 0 Å². The van der Waals surface area contributed by atoms with Crippen LogP contribution in [0.15, 0.2) is 9.59 Å². The van der Waals surface area contributed by atoms with Crippen molar-refractivity contribution in [2.45, 2.75) is 0 Å². The number of aromatic nitrogens is 2. The Bertz CT molecular complexity index is 388. The highest BCUT2D eigenvalue weighted by Gasteiger charge is 2.05. The van der Waals surface area contributed by atoms with Crippen molar-refractivity contribution < 1.29 is 9.90 Å². The summed E-state index contributed by atoms with van der Waals surface area (Å²) in [5, 5.41) is 8.77. The molecule has 3 N–H and O–H groups in total. The highest BCUT2D eigenvalue weighted by molar-refractivity contribution is 5.76. The van der Waals surface area contributed by atoms with E-state index < -0.39 is 22.7 Å². The first-order valence-electron chi connectivity index (χ1n) is 2.66. The summed E-state index contributed by atoms with van der Waals surface area (Å²) in [6, 6.07) is 0. The lowest BCUT2D eigenvalue weighted by Gasteiger charge is -1.91. The molecule has 6 heteroatoms. The van der Waals surface area contributed by atoms with Gasteiger partial charge in [-0.05, 0) is 0 Å². The highest BCUT2D eigenvalue weighted by atomic mass is 16.3. The Hall–Kier alpha value is -1.85. The molecule has 0 aliphatic rings. The SMILES string of the molecule is O=Cc1c(O)[nH]c(=O)[nH]c1=O. The maximum atomic E-state index is 10.6. The van der Waals surface area contributed by atoms with Gasteiger partial charge in [-0.25, -0.2) is 4.79 Å². The van der Waals surface area contributed by atoms with Crippen LogP contribution in [-0.4, -0.2) is 21.4 Å². The Balaban J connectivity index is 3.62. The summed E-state index contributed by atoms with van der Waals surface area (Å²) >= 11 is 0. The van der Waals surface area contributed by atoms with Crippen molar-refractivity contribution in [3.8, 4) is 5.88 Å². The third-order valence-electron chi connectivity index (χ3n) is 1.08. The maximum Gasteiger partial charge on any atom is 0.328 e. The number of carbonyl (C=O) groups excluding carboxylic acids is 1. The molecule has 0 unspecified atom stereocenters. The number of aromatic hydroxyl groups is 1. The van der Waals surface area contributed by atoms with Gasteiger partial charge in [-0.15, -0.1) is 0 Å². The van der Waals surface area contributed by atoms with Crippen LogP contribution in [0.3, 0.4) is 0 Å². The molecule has 11 heavy (non-hydrogen) atoms. The van der Waals surface area contributed by atoms with Crippen LogP contribution < -0.4 is 11.2 Å². The van der Waals surface area contributed by atoms with Gasteiger partial charge < -0.3 is 5.11 Å². The molecule has 0 amide bonds. The lowest BCUT2D eigenvalue weighted by Crippen LogP contribution is -2.24. The molecule has 1 aromatic rings. The summed E-state index contributed by atoms with van der Waals surface area (Å²) in [6.07, 6.45) is 0.157. The monoisotopic (exact) mass is 156 g/mol. The lowest BCUT2D eigenvalue weighted by molar-refractivity contribution is 0.111. The predicted octanol–water partition coefficient (Wildman–Crippen LogP) is -1.42. The van der Waals surface area contributed by atoms with Crippen molar-refractivity contribution >= 4 is 6.29 Å². The Morgan fingerprint density at radius 1 is 1.27 bits per heavy atom. The van der Waals surface area contributed by atoms with Crippen molar-refractivity contribution in [1.29, 1.82) is 0 Å². The molecule has 0 radical (unpaired) electrons. The average Bonchev–Trinajstić information content (AvgIpc) is 1.85. The normalized spacial score (nSPS) is 9.45.